The molecule has 1 fully saturated rings. The van der Waals surface area contributed by atoms with Crippen LogP contribution in [-0.4, -0.2) is 48.6 Å². The second-order valence-corrected chi connectivity index (χ2v) is 6.25. The summed E-state index contributed by atoms with van der Waals surface area (Å²) >= 11 is 0. The molecule has 2 rings (SSSR count). The fourth-order valence-corrected chi connectivity index (χ4v) is 3.64. The number of hydrogen-bond acceptors (Lipinski definition) is 5. The normalized spacial score (nSPS) is 21.5. The Morgan fingerprint density at radius 2 is 2.32 bits per heavy atom. The highest BCUT2D eigenvalue weighted by Gasteiger charge is 2.33. The molecule has 1 aromatic rings. The number of aromatic nitrogens is 1. The van der Waals surface area contributed by atoms with Crippen molar-refractivity contribution in [1.82, 2.24) is 9.29 Å². The first-order valence-electron chi connectivity index (χ1n) is 6.25. The highest BCUT2D eigenvalue weighted by molar-refractivity contribution is 7.89. The first-order chi connectivity index (χ1) is 9.09. The number of morpholine rings is 1. The second-order valence-electron chi connectivity index (χ2n) is 4.42. The lowest BCUT2D eigenvalue weighted by Gasteiger charge is -2.33. The molecular formula is C12H18N2O4S. The van der Waals surface area contributed by atoms with E-state index < -0.39 is 10.0 Å². The van der Waals surface area contributed by atoms with Gasteiger partial charge >= 0.3 is 0 Å². The molecule has 0 saturated carbocycles. The number of aliphatic hydroxyl groups excluding tert-OH is 1. The summed E-state index contributed by atoms with van der Waals surface area (Å²) in [5.74, 6) is 0. The van der Waals surface area contributed by atoms with Crippen molar-refractivity contribution in [2.24, 2.45) is 0 Å². The average Bonchev–Trinajstić information content (AvgIpc) is 2.47. The Hall–Kier alpha value is -1.02. The van der Waals surface area contributed by atoms with Gasteiger partial charge in [0.25, 0.3) is 10.0 Å². The summed E-state index contributed by atoms with van der Waals surface area (Å²) in [6.45, 7) is 2.96. The zero-order chi connectivity index (χ0) is 13.9. The third-order valence-corrected chi connectivity index (χ3v) is 5.07. The summed E-state index contributed by atoms with van der Waals surface area (Å²) in [5.41, 5.74) is 0.591. The van der Waals surface area contributed by atoms with Gasteiger partial charge in [-0.05, 0) is 18.1 Å². The van der Waals surface area contributed by atoms with E-state index in [9.17, 15) is 8.42 Å². The largest absolute Gasteiger partial charge is 0.392 e. The van der Waals surface area contributed by atoms with Gasteiger partial charge in [-0.2, -0.15) is 4.31 Å². The van der Waals surface area contributed by atoms with E-state index in [0.29, 0.717) is 31.7 Å². The Balaban J connectivity index is 2.29. The molecule has 1 aliphatic rings. The molecule has 2 heterocycles. The van der Waals surface area contributed by atoms with Crippen molar-refractivity contribution in [1.29, 1.82) is 0 Å². The van der Waals surface area contributed by atoms with Crippen LogP contribution >= 0.6 is 0 Å². The van der Waals surface area contributed by atoms with Crippen LogP contribution in [-0.2, 0) is 21.4 Å². The molecule has 0 spiro atoms. The van der Waals surface area contributed by atoms with Crippen LogP contribution in [0.4, 0.5) is 0 Å². The summed E-state index contributed by atoms with van der Waals surface area (Å²) in [7, 11) is -3.59. The van der Waals surface area contributed by atoms with E-state index in [2.05, 4.69) is 4.98 Å². The van der Waals surface area contributed by atoms with Gasteiger partial charge in [0, 0.05) is 18.8 Å². The fourth-order valence-electron chi connectivity index (χ4n) is 2.05. The molecule has 0 aliphatic carbocycles. The zero-order valence-electron chi connectivity index (χ0n) is 10.8. The van der Waals surface area contributed by atoms with Gasteiger partial charge in [-0.25, -0.2) is 13.4 Å². The van der Waals surface area contributed by atoms with Gasteiger partial charge in [-0.1, -0.05) is 13.0 Å². The van der Waals surface area contributed by atoms with E-state index in [1.807, 2.05) is 6.92 Å². The molecule has 0 aromatic carbocycles. The lowest BCUT2D eigenvalue weighted by atomic mass is 10.2. The van der Waals surface area contributed by atoms with Gasteiger partial charge in [-0.15, -0.1) is 0 Å². The SMILES string of the molecule is CCC1COCCN1S(=O)(=O)c1ccc(CO)cn1. The molecule has 106 valence electrons. The van der Waals surface area contributed by atoms with Crippen LogP contribution in [0.25, 0.3) is 0 Å². The zero-order valence-corrected chi connectivity index (χ0v) is 11.6. The molecule has 1 unspecified atom stereocenters. The van der Waals surface area contributed by atoms with Gasteiger partial charge in [-0.3, -0.25) is 0 Å². The number of pyridine rings is 1. The Bertz CT molecular complexity index is 515. The maximum Gasteiger partial charge on any atom is 0.260 e. The number of rotatable bonds is 4. The molecule has 1 atom stereocenters. The van der Waals surface area contributed by atoms with Gasteiger partial charge in [0.15, 0.2) is 5.03 Å². The monoisotopic (exact) mass is 286 g/mol. The van der Waals surface area contributed by atoms with E-state index in [0.717, 1.165) is 0 Å². The van der Waals surface area contributed by atoms with Crippen LogP contribution in [0.15, 0.2) is 23.4 Å². The smallest absolute Gasteiger partial charge is 0.260 e. The van der Waals surface area contributed by atoms with Crippen LogP contribution in [0.2, 0.25) is 0 Å². The molecule has 1 saturated heterocycles. The quantitative estimate of drug-likeness (QED) is 0.865. The Morgan fingerprint density at radius 3 is 2.89 bits per heavy atom. The van der Waals surface area contributed by atoms with Crippen molar-refractivity contribution in [3.8, 4) is 0 Å². The third-order valence-electron chi connectivity index (χ3n) is 3.20. The van der Waals surface area contributed by atoms with Crippen molar-refractivity contribution in [3.05, 3.63) is 23.9 Å². The molecule has 0 amide bonds. The van der Waals surface area contributed by atoms with Gasteiger partial charge in [0.1, 0.15) is 0 Å². The first kappa shape index (κ1) is 14.4. The number of hydrogen-bond donors (Lipinski definition) is 1. The summed E-state index contributed by atoms with van der Waals surface area (Å²) in [6.07, 6.45) is 2.09. The Labute approximate surface area is 113 Å². The van der Waals surface area contributed by atoms with E-state index in [1.54, 1.807) is 6.07 Å². The first-order valence-corrected chi connectivity index (χ1v) is 7.69. The van der Waals surface area contributed by atoms with Crippen LogP contribution < -0.4 is 0 Å². The predicted molar refractivity (Wildman–Crippen MR) is 68.9 cm³/mol. The summed E-state index contributed by atoms with van der Waals surface area (Å²) in [6, 6.07) is 2.86. The summed E-state index contributed by atoms with van der Waals surface area (Å²) in [4.78, 5) is 3.93. The van der Waals surface area contributed by atoms with Crippen molar-refractivity contribution >= 4 is 10.0 Å². The van der Waals surface area contributed by atoms with Gasteiger partial charge < -0.3 is 9.84 Å². The van der Waals surface area contributed by atoms with Crippen LogP contribution in [0, 0.1) is 0 Å². The van der Waals surface area contributed by atoms with E-state index in [1.165, 1.54) is 16.6 Å². The number of ether oxygens (including phenoxy) is 1. The minimum atomic E-state index is -3.59. The average molecular weight is 286 g/mol. The topological polar surface area (TPSA) is 79.7 Å². The molecule has 7 heteroatoms. The number of aliphatic hydroxyl groups is 1. The van der Waals surface area contributed by atoms with E-state index >= 15 is 0 Å². The predicted octanol–water partition coefficient (Wildman–Crippen LogP) is 0.373. The molecule has 0 radical (unpaired) electrons. The van der Waals surface area contributed by atoms with Crippen molar-refractivity contribution < 1.29 is 18.3 Å². The molecular weight excluding hydrogens is 268 g/mol. The fraction of sp³-hybridized carbons (Fsp3) is 0.583. The van der Waals surface area contributed by atoms with Crippen molar-refractivity contribution in [2.45, 2.75) is 31.0 Å². The summed E-state index contributed by atoms with van der Waals surface area (Å²) < 4.78 is 31.8. The van der Waals surface area contributed by atoms with Crippen molar-refractivity contribution in [3.63, 3.8) is 0 Å². The molecule has 6 nitrogen and oxygen atoms in total. The molecule has 1 N–H and O–H groups in total. The maximum absolute atomic E-state index is 12.5. The third kappa shape index (κ3) is 2.94. The standard InChI is InChI=1S/C12H18N2O4S/c1-2-11-9-18-6-5-14(11)19(16,17)12-4-3-10(8-15)7-13-12/h3-4,7,11,15H,2,5-6,8-9H2,1H3. The summed E-state index contributed by atoms with van der Waals surface area (Å²) in [5, 5.41) is 8.96. The van der Waals surface area contributed by atoms with Crippen LogP contribution in [0.5, 0.6) is 0 Å². The number of sulfonamides is 1. The number of nitrogens with zero attached hydrogens (tertiary/aromatic N) is 2. The Kier molecular flexibility index (Phi) is 4.51. The van der Waals surface area contributed by atoms with E-state index in [-0.39, 0.29) is 17.7 Å². The van der Waals surface area contributed by atoms with Gasteiger partial charge in [0.05, 0.1) is 19.8 Å². The lowest BCUT2D eigenvalue weighted by molar-refractivity contribution is 0.0313. The second kappa shape index (κ2) is 5.96. The molecule has 0 bridgehead atoms. The molecule has 1 aromatic heterocycles. The van der Waals surface area contributed by atoms with Crippen LogP contribution in [0.1, 0.15) is 18.9 Å². The van der Waals surface area contributed by atoms with Gasteiger partial charge in [0.2, 0.25) is 0 Å². The van der Waals surface area contributed by atoms with Crippen LogP contribution in [0.3, 0.4) is 0 Å². The lowest BCUT2D eigenvalue weighted by Crippen LogP contribution is -2.48. The highest BCUT2D eigenvalue weighted by Crippen LogP contribution is 2.20. The minimum absolute atomic E-state index is 0.0186. The molecule has 1 aliphatic heterocycles. The van der Waals surface area contributed by atoms with Crippen molar-refractivity contribution in [2.75, 3.05) is 19.8 Å². The van der Waals surface area contributed by atoms with E-state index in [4.69, 9.17) is 9.84 Å². The molecule has 19 heavy (non-hydrogen) atoms. The minimum Gasteiger partial charge on any atom is -0.392 e. The Morgan fingerprint density at radius 1 is 1.53 bits per heavy atom. The maximum atomic E-state index is 12.5. The highest BCUT2D eigenvalue weighted by atomic mass is 32.2.